The van der Waals surface area contributed by atoms with Crippen LogP contribution >= 0.6 is 0 Å². The van der Waals surface area contributed by atoms with Gasteiger partial charge < -0.3 is 14.6 Å². The van der Waals surface area contributed by atoms with Gasteiger partial charge in [0, 0.05) is 23.2 Å². The summed E-state index contributed by atoms with van der Waals surface area (Å²) in [7, 11) is 0. The van der Waals surface area contributed by atoms with E-state index in [1.165, 1.54) is 0 Å². The number of allylic oxidation sites excluding steroid dienone is 1. The van der Waals surface area contributed by atoms with Gasteiger partial charge in [0.1, 0.15) is 0 Å². The van der Waals surface area contributed by atoms with Gasteiger partial charge in [-0.3, -0.25) is 0 Å². The normalized spacial score (nSPS) is 38.7. The molecule has 5 heteroatoms. The topological polar surface area (TPSA) is 72.8 Å². The van der Waals surface area contributed by atoms with Gasteiger partial charge >= 0.3 is 11.9 Å². The van der Waals surface area contributed by atoms with Crippen molar-refractivity contribution in [3.63, 3.8) is 0 Å². The molecule has 1 N–H and O–H groups in total. The molecule has 0 aromatic heterocycles. The summed E-state index contributed by atoms with van der Waals surface area (Å²) in [6, 6.07) is 0. The van der Waals surface area contributed by atoms with Crippen LogP contribution in [-0.2, 0) is 19.1 Å². The van der Waals surface area contributed by atoms with E-state index in [2.05, 4.69) is 20.8 Å². The average Bonchev–Trinajstić information content (AvgIpc) is 2.96. The molecule has 0 aromatic rings. The molecule has 1 unspecified atom stereocenters. The van der Waals surface area contributed by atoms with Crippen LogP contribution in [0.4, 0.5) is 0 Å². The minimum Gasteiger partial charge on any atom is -0.478 e. The van der Waals surface area contributed by atoms with E-state index in [4.69, 9.17) is 9.47 Å². The number of ether oxygens (including phenoxy) is 2. The summed E-state index contributed by atoms with van der Waals surface area (Å²) in [5.41, 5.74) is 0.989. The second-order valence-electron chi connectivity index (χ2n) is 8.84. The van der Waals surface area contributed by atoms with Crippen LogP contribution in [-0.4, -0.2) is 29.9 Å². The Bertz CT molecular complexity index is 678. The Morgan fingerprint density at radius 1 is 1.37 bits per heavy atom. The summed E-state index contributed by atoms with van der Waals surface area (Å²) in [5.74, 6) is -0.256. The molecule has 150 valence electrons. The van der Waals surface area contributed by atoms with Crippen LogP contribution in [0.5, 0.6) is 0 Å². The van der Waals surface area contributed by atoms with Gasteiger partial charge in [-0.15, -0.1) is 0 Å². The van der Waals surface area contributed by atoms with Crippen LogP contribution < -0.4 is 0 Å². The molecule has 27 heavy (non-hydrogen) atoms. The standard InChI is InChI=1S/C22H32O5/c1-5-26-18-13-15(20(25)27-18)10-12-21(3)14(2)9-11-22(4)16(19(23)24)7-6-8-17(21)22/h7,13-14,17-18H,5-6,8-12H2,1-4H3,(H,23,24)/t14-,17+,18?,21-,22+/m0/s1. The average molecular weight is 376 g/mol. The number of aliphatic carboxylic acids is 1. The molecule has 5 atom stereocenters. The maximum Gasteiger partial charge on any atom is 0.336 e. The Morgan fingerprint density at radius 3 is 2.78 bits per heavy atom. The number of esters is 1. The predicted octanol–water partition coefficient (Wildman–Crippen LogP) is 4.48. The molecule has 3 rings (SSSR count). The van der Waals surface area contributed by atoms with Gasteiger partial charge in [0.2, 0.25) is 6.29 Å². The lowest BCUT2D eigenvalue weighted by molar-refractivity contribution is -0.158. The Kier molecular flexibility index (Phi) is 5.53. The third-order valence-corrected chi connectivity index (χ3v) is 7.52. The van der Waals surface area contributed by atoms with E-state index in [9.17, 15) is 14.7 Å². The molecule has 0 aromatic carbocycles. The highest BCUT2D eigenvalue weighted by molar-refractivity contribution is 5.90. The second kappa shape index (κ2) is 7.42. The third-order valence-electron chi connectivity index (χ3n) is 7.52. The van der Waals surface area contributed by atoms with Crippen LogP contribution in [0.1, 0.15) is 66.2 Å². The minimum atomic E-state index is -0.777. The zero-order valence-corrected chi connectivity index (χ0v) is 16.9. The molecular weight excluding hydrogens is 344 g/mol. The number of carboxylic acids is 1. The molecule has 0 bridgehead atoms. The van der Waals surface area contributed by atoms with Crippen LogP contribution in [0, 0.1) is 22.7 Å². The monoisotopic (exact) mass is 376 g/mol. The van der Waals surface area contributed by atoms with Gasteiger partial charge in [0.25, 0.3) is 0 Å². The van der Waals surface area contributed by atoms with Gasteiger partial charge in [-0.05, 0) is 68.8 Å². The predicted molar refractivity (Wildman–Crippen MR) is 102 cm³/mol. The fourth-order valence-electron chi connectivity index (χ4n) is 5.73. The Hall–Kier alpha value is -1.62. The van der Waals surface area contributed by atoms with Gasteiger partial charge in [0.05, 0.1) is 0 Å². The van der Waals surface area contributed by atoms with Crippen LogP contribution in [0.25, 0.3) is 0 Å². The molecule has 2 aliphatic carbocycles. The minimum absolute atomic E-state index is 0.00716. The van der Waals surface area contributed by atoms with E-state index < -0.39 is 12.3 Å². The van der Waals surface area contributed by atoms with Crippen molar-refractivity contribution in [3.05, 3.63) is 23.3 Å². The molecule has 5 nitrogen and oxygen atoms in total. The first kappa shape index (κ1) is 20.1. The van der Waals surface area contributed by atoms with Crippen molar-refractivity contribution < 1.29 is 24.2 Å². The summed E-state index contributed by atoms with van der Waals surface area (Å²) in [4.78, 5) is 24.0. The SMILES string of the molecule is CCOC1C=C(CC[C@]2(C)[C@H]3CCC=C(C(=O)O)[C@@]3(C)CC[C@@H]2C)C(=O)O1. The highest BCUT2D eigenvalue weighted by Crippen LogP contribution is 2.62. The lowest BCUT2D eigenvalue weighted by atomic mass is 9.46. The molecule has 1 fully saturated rings. The van der Waals surface area contributed by atoms with Crippen LogP contribution in [0.15, 0.2) is 23.3 Å². The van der Waals surface area contributed by atoms with Crippen molar-refractivity contribution in [1.82, 2.24) is 0 Å². The smallest absolute Gasteiger partial charge is 0.336 e. The Balaban J connectivity index is 1.81. The van der Waals surface area contributed by atoms with Gasteiger partial charge in [-0.1, -0.05) is 26.8 Å². The van der Waals surface area contributed by atoms with Crippen molar-refractivity contribution >= 4 is 11.9 Å². The van der Waals surface area contributed by atoms with E-state index in [1.54, 1.807) is 6.08 Å². The molecule has 3 aliphatic rings. The number of hydrogen-bond acceptors (Lipinski definition) is 4. The molecule has 1 heterocycles. The van der Waals surface area contributed by atoms with Gasteiger partial charge in [-0.25, -0.2) is 9.59 Å². The highest BCUT2D eigenvalue weighted by atomic mass is 16.7. The van der Waals surface area contributed by atoms with Gasteiger partial charge in [-0.2, -0.15) is 0 Å². The molecule has 0 radical (unpaired) electrons. The second-order valence-corrected chi connectivity index (χ2v) is 8.84. The number of cyclic esters (lactones) is 1. The molecule has 1 aliphatic heterocycles. The van der Waals surface area contributed by atoms with E-state index in [1.807, 2.05) is 13.0 Å². The number of carboxylic acid groups (broad SMARTS) is 1. The largest absolute Gasteiger partial charge is 0.478 e. The van der Waals surface area contributed by atoms with Crippen LogP contribution in [0.3, 0.4) is 0 Å². The molecule has 0 amide bonds. The zero-order chi connectivity index (χ0) is 19.8. The fraction of sp³-hybridized carbons (Fsp3) is 0.727. The van der Waals surface area contributed by atoms with Crippen molar-refractivity contribution in [2.24, 2.45) is 22.7 Å². The van der Waals surface area contributed by atoms with E-state index in [-0.39, 0.29) is 16.8 Å². The molecule has 0 spiro atoms. The third kappa shape index (κ3) is 3.46. The van der Waals surface area contributed by atoms with E-state index >= 15 is 0 Å². The number of hydrogen-bond donors (Lipinski definition) is 1. The number of rotatable bonds is 6. The first-order valence-corrected chi connectivity index (χ1v) is 10.2. The number of carbonyl (C=O) groups excluding carboxylic acids is 1. The summed E-state index contributed by atoms with van der Waals surface area (Å²) in [6.45, 7) is 9.09. The van der Waals surface area contributed by atoms with E-state index in [0.29, 0.717) is 36.0 Å². The highest BCUT2D eigenvalue weighted by Gasteiger charge is 2.55. The molecular formula is C22H32O5. The number of fused-ring (bicyclic) bond motifs is 1. The maximum atomic E-state index is 12.1. The van der Waals surface area contributed by atoms with Crippen molar-refractivity contribution in [1.29, 1.82) is 0 Å². The lowest BCUT2D eigenvalue weighted by Crippen LogP contribution is -2.51. The summed E-state index contributed by atoms with van der Waals surface area (Å²) in [5, 5.41) is 9.74. The van der Waals surface area contributed by atoms with Crippen molar-refractivity contribution in [2.45, 2.75) is 72.5 Å². The summed E-state index contributed by atoms with van der Waals surface area (Å²) >= 11 is 0. The Labute approximate surface area is 161 Å². The molecule has 1 saturated carbocycles. The number of carbonyl (C=O) groups is 2. The van der Waals surface area contributed by atoms with E-state index in [0.717, 1.165) is 32.1 Å². The quantitative estimate of drug-likeness (QED) is 0.692. The zero-order valence-electron chi connectivity index (χ0n) is 16.9. The summed E-state index contributed by atoms with van der Waals surface area (Å²) in [6.07, 6.45) is 8.45. The van der Waals surface area contributed by atoms with Gasteiger partial charge in [0.15, 0.2) is 0 Å². The fourth-order valence-corrected chi connectivity index (χ4v) is 5.73. The first-order chi connectivity index (χ1) is 12.7. The maximum absolute atomic E-state index is 12.1. The van der Waals surface area contributed by atoms with Crippen LogP contribution in [0.2, 0.25) is 0 Å². The summed E-state index contributed by atoms with van der Waals surface area (Å²) < 4.78 is 10.6. The first-order valence-electron chi connectivity index (χ1n) is 10.2. The molecule has 0 saturated heterocycles. The lowest BCUT2D eigenvalue weighted by Gasteiger charge is -2.57. The Morgan fingerprint density at radius 2 is 2.11 bits per heavy atom. The van der Waals surface area contributed by atoms with Crippen molar-refractivity contribution in [3.8, 4) is 0 Å². The van der Waals surface area contributed by atoms with Crippen molar-refractivity contribution in [2.75, 3.05) is 6.61 Å².